The average molecular weight is 391 g/mol. The van der Waals surface area contributed by atoms with E-state index in [1.54, 1.807) is 26.4 Å². The van der Waals surface area contributed by atoms with Crippen molar-refractivity contribution in [1.29, 1.82) is 0 Å². The van der Waals surface area contributed by atoms with Gasteiger partial charge in [-0.05, 0) is 31.0 Å². The van der Waals surface area contributed by atoms with Gasteiger partial charge in [0.25, 0.3) is 0 Å². The minimum Gasteiger partial charge on any atom is -0.493 e. The molecule has 0 atom stereocenters. The van der Waals surface area contributed by atoms with Gasteiger partial charge < -0.3 is 19.3 Å². The normalized spacial score (nSPS) is 14.7. The van der Waals surface area contributed by atoms with Crippen LogP contribution in [0.2, 0.25) is 0 Å². The fourth-order valence-corrected chi connectivity index (χ4v) is 3.82. The number of ether oxygens (including phenoxy) is 2. The van der Waals surface area contributed by atoms with Crippen molar-refractivity contribution in [1.82, 2.24) is 15.5 Å². The molecule has 3 rings (SSSR count). The highest BCUT2D eigenvalue weighted by Gasteiger charge is 2.16. The number of hydrogen-bond donors (Lipinski definition) is 1. The standard InChI is InChI=1S/C19H25N3O4S/c1-24-15-9-8-13(10-16(15)25-2)19-21-18(26-22-19)12-27-11-17(23)20-14-6-4-3-5-7-14/h8-10,14H,3-7,11-12H2,1-2H3,(H,20,23). The zero-order chi connectivity index (χ0) is 19.1. The molecule has 0 aliphatic heterocycles. The monoisotopic (exact) mass is 391 g/mol. The van der Waals surface area contributed by atoms with Crippen molar-refractivity contribution in [2.45, 2.75) is 43.9 Å². The van der Waals surface area contributed by atoms with Crippen molar-refractivity contribution < 1.29 is 18.8 Å². The summed E-state index contributed by atoms with van der Waals surface area (Å²) in [6.07, 6.45) is 5.88. The second kappa shape index (κ2) is 9.64. The lowest BCUT2D eigenvalue weighted by Gasteiger charge is -2.22. The van der Waals surface area contributed by atoms with E-state index in [0.717, 1.165) is 18.4 Å². The molecule has 1 aromatic carbocycles. The smallest absolute Gasteiger partial charge is 0.236 e. The molecule has 27 heavy (non-hydrogen) atoms. The molecule has 0 radical (unpaired) electrons. The van der Waals surface area contributed by atoms with Crippen LogP contribution in [0, 0.1) is 0 Å². The maximum Gasteiger partial charge on any atom is 0.236 e. The third-order valence-electron chi connectivity index (χ3n) is 4.54. The van der Waals surface area contributed by atoms with Crippen molar-refractivity contribution >= 4 is 17.7 Å². The first kappa shape index (κ1) is 19.5. The van der Waals surface area contributed by atoms with E-state index in [1.165, 1.54) is 31.0 Å². The van der Waals surface area contributed by atoms with Crippen molar-refractivity contribution in [3.8, 4) is 22.9 Å². The molecule has 0 spiro atoms. The van der Waals surface area contributed by atoms with Crippen LogP contribution in [0.3, 0.4) is 0 Å². The Morgan fingerprint density at radius 3 is 2.74 bits per heavy atom. The van der Waals surface area contributed by atoms with Crippen molar-refractivity contribution in [2.24, 2.45) is 0 Å². The molecule has 8 heteroatoms. The molecule has 1 fully saturated rings. The number of hydrogen-bond acceptors (Lipinski definition) is 7. The lowest BCUT2D eigenvalue weighted by molar-refractivity contribution is -0.119. The highest BCUT2D eigenvalue weighted by molar-refractivity contribution is 7.99. The zero-order valence-electron chi connectivity index (χ0n) is 15.7. The first-order valence-corrected chi connectivity index (χ1v) is 10.3. The molecule has 1 N–H and O–H groups in total. The number of carbonyl (C=O) groups excluding carboxylic acids is 1. The SMILES string of the molecule is COc1ccc(-c2noc(CSCC(=O)NC3CCCCC3)n2)cc1OC. The number of carbonyl (C=O) groups is 1. The van der Waals surface area contributed by atoms with Crippen molar-refractivity contribution in [3.63, 3.8) is 0 Å². The second-order valence-corrected chi connectivity index (χ2v) is 7.46. The van der Waals surface area contributed by atoms with Gasteiger partial charge in [-0.1, -0.05) is 24.4 Å². The van der Waals surface area contributed by atoms with Crippen LogP contribution in [0.5, 0.6) is 11.5 Å². The summed E-state index contributed by atoms with van der Waals surface area (Å²) in [7, 11) is 3.17. The number of nitrogens with zero attached hydrogens (tertiary/aromatic N) is 2. The molecule has 0 bridgehead atoms. The Bertz CT molecular complexity index is 759. The summed E-state index contributed by atoms with van der Waals surface area (Å²) in [5.41, 5.74) is 0.780. The highest BCUT2D eigenvalue weighted by atomic mass is 32.2. The van der Waals surface area contributed by atoms with Gasteiger partial charge in [-0.15, -0.1) is 11.8 Å². The van der Waals surface area contributed by atoms with Crippen LogP contribution in [0.15, 0.2) is 22.7 Å². The molecular weight excluding hydrogens is 366 g/mol. The Labute approximate surface area is 163 Å². The van der Waals surface area contributed by atoms with E-state index >= 15 is 0 Å². The summed E-state index contributed by atoms with van der Waals surface area (Å²) in [6.45, 7) is 0. The summed E-state index contributed by atoms with van der Waals surface area (Å²) in [5.74, 6) is 3.20. The number of nitrogens with one attached hydrogen (secondary N) is 1. The Balaban J connectivity index is 1.50. The molecule has 7 nitrogen and oxygen atoms in total. The summed E-state index contributed by atoms with van der Waals surface area (Å²) in [4.78, 5) is 16.4. The van der Waals surface area contributed by atoms with Crippen LogP contribution in [0.4, 0.5) is 0 Å². The van der Waals surface area contributed by atoms with Crippen LogP contribution in [-0.4, -0.2) is 42.1 Å². The van der Waals surface area contributed by atoms with Crippen LogP contribution in [-0.2, 0) is 10.5 Å². The predicted molar refractivity (Wildman–Crippen MR) is 104 cm³/mol. The Hall–Kier alpha value is -2.22. The third kappa shape index (κ3) is 5.38. The zero-order valence-corrected chi connectivity index (χ0v) is 16.5. The van der Waals surface area contributed by atoms with E-state index in [1.807, 2.05) is 6.07 Å². The van der Waals surface area contributed by atoms with Gasteiger partial charge in [0.05, 0.1) is 25.7 Å². The van der Waals surface area contributed by atoms with Crippen LogP contribution >= 0.6 is 11.8 Å². The molecular formula is C19H25N3O4S. The molecule has 1 saturated carbocycles. The molecule has 1 heterocycles. The van der Waals surface area contributed by atoms with Gasteiger partial charge in [0.2, 0.25) is 17.6 Å². The number of methoxy groups -OCH3 is 2. The molecule has 0 unspecified atom stereocenters. The fraction of sp³-hybridized carbons (Fsp3) is 0.526. The predicted octanol–water partition coefficient (Wildman–Crippen LogP) is 3.44. The van der Waals surface area contributed by atoms with Crippen LogP contribution in [0.25, 0.3) is 11.4 Å². The Morgan fingerprint density at radius 2 is 2.00 bits per heavy atom. The Morgan fingerprint density at radius 1 is 1.22 bits per heavy atom. The molecule has 1 aromatic heterocycles. The molecule has 2 aromatic rings. The Kier molecular flexibility index (Phi) is 6.98. The summed E-state index contributed by atoms with van der Waals surface area (Å²) in [5, 5.41) is 7.12. The molecule has 146 valence electrons. The topological polar surface area (TPSA) is 86.5 Å². The van der Waals surface area contributed by atoms with E-state index in [2.05, 4.69) is 15.5 Å². The maximum absolute atomic E-state index is 12.0. The van der Waals surface area contributed by atoms with E-state index in [4.69, 9.17) is 14.0 Å². The molecule has 0 saturated heterocycles. The van der Waals surface area contributed by atoms with Gasteiger partial charge in [-0.3, -0.25) is 4.79 Å². The quantitative estimate of drug-likeness (QED) is 0.737. The van der Waals surface area contributed by atoms with E-state index in [9.17, 15) is 4.79 Å². The lowest BCUT2D eigenvalue weighted by atomic mass is 9.95. The molecule has 1 amide bonds. The molecule has 1 aliphatic rings. The number of thioether (sulfide) groups is 1. The summed E-state index contributed by atoms with van der Waals surface area (Å²) < 4.78 is 15.8. The van der Waals surface area contributed by atoms with Crippen molar-refractivity contribution in [2.75, 3.05) is 20.0 Å². The van der Waals surface area contributed by atoms with Gasteiger partial charge in [-0.2, -0.15) is 4.98 Å². The number of aromatic nitrogens is 2. The minimum absolute atomic E-state index is 0.0755. The second-order valence-electron chi connectivity index (χ2n) is 6.48. The van der Waals surface area contributed by atoms with Gasteiger partial charge >= 0.3 is 0 Å². The summed E-state index contributed by atoms with van der Waals surface area (Å²) >= 11 is 1.47. The number of amides is 1. The van der Waals surface area contributed by atoms with E-state index in [0.29, 0.717) is 40.8 Å². The number of rotatable bonds is 8. The van der Waals surface area contributed by atoms with Gasteiger partial charge in [-0.25, -0.2) is 0 Å². The fourth-order valence-electron chi connectivity index (χ4n) is 3.15. The number of benzene rings is 1. The first-order valence-electron chi connectivity index (χ1n) is 9.11. The summed E-state index contributed by atoms with van der Waals surface area (Å²) in [6, 6.07) is 5.79. The van der Waals surface area contributed by atoms with Gasteiger partial charge in [0, 0.05) is 11.6 Å². The lowest BCUT2D eigenvalue weighted by Crippen LogP contribution is -2.37. The van der Waals surface area contributed by atoms with Crippen LogP contribution < -0.4 is 14.8 Å². The van der Waals surface area contributed by atoms with Crippen LogP contribution in [0.1, 0.15) is 38.0 Å². The molecule has 1 aliphatic carbocycles. The van der Waals surface area contributed by atoms with E-state index < -0.39 is 0 Å². The largest absolute Gasteiger partial charge is 0.493 e. The minimum atomic E-state index is 0.0755. The first-order chi connectivity index (χ1) is 13.2. The maximum atomic E-state index is 12.0. The van der Waals surface area contributed by atoms with Gasteiger partial charge in [0.15, 0.2) is 11.5 Å². The van der Waals surface area contributed by atoms with Gasteiger partial charge in [0.1, 0.15) is 0 Å². The van der Waals surface area contributed by atoms with E-state index in [-0.39, 0.29) is 5.91 Å². The third-order valence-corrected chi connectivity index (χ3v) is 5.46. The van der Waals surface area contributed by atoms with Crippen molar-refractivity contribution in [3.05, 3.63) is 24.1 Å². The average Bonchev–Trinajstić information content (AvgIpc) is 3.17. The highest BCUT2D eigenvalue weighted by Crippen LogP contribution is 2.31.